The van der Waals surface area contributed by atoms with Crippen molar-refractivity contribution in [3.63, 3.8) is 0 Å². The number of anilines is 1. The van der Waals surface area contributed by atoms with Crippen LogP contribution in [0.3, 0.4) is 0 Å². The quantitative estimate of drug-likeness (QED) is 0.565. The van der Waals surface area contributed by atoms with E-state index in [4.69, 9.17) is 11.6 Å². The minimum absolute atomic E-state index is 0.187. The van der Waals surface area contributed by atoms with Crippen LogP contribution in [0.5, 0.6) is 0 Å². The van der Waals surface area contributed by atoms with E-state index in [1.165, 1.54) is 0 Å². The highest BCUT2D eigenvalue weighted by Crippen LogP contribution is 2.23. The van der Waals surface area contributed by atoms with Crippen LogP contribution in [-0.2, 0) is 0 Å². The standard InChI is InChI=1S/C18H12ClN3OS/c19-14-3-1-2-13(10-14)17(23)20-15-6-4-12(5-7-15)16-11-22-8-9-24-18(22)21-16/h1-11H,(H,20,23). The Labute approximate surface area is 147 Å². The molecule has 4 rings (SSSR count). The molecule has 0 fully saturated rings. The first-order valence-corrected chi connectivity index (χ1v) is 8.54. The Morgan fingerprint density at radius 2 is 2.00 bits per heavy atom. The molecular formula is C18H12ClN3OS. The summed E-state index contributed by atoms with van der Waals surface area (Å²) in [5.74, 6) is -0.187. The number of aromatic nitrogens is 2. The van der Waals surface area contributed by atoms with Crippen molar-refractivity contribution in [2.24, 2.45) is 0 Å². The van der Waals surface area contributed by atoms with Crippen LogP contribution < -0.4 is 5.32 Å². The summed E-state index contributed by atoms with van der Waals surface area (Å²) in [6.45, 7) is 0. The molecule has 0 saturated heterocycles. The Hall–Kier alpha value is -2.63. The molecule has 0 aliphatic rings. The predicted molar refractivity (Wildman–Crippen MR) is 97.9 cm³/mol. The van der Waals surface area contributed by atoms with Crippen LogP contribution in [0.25, 0.3) is 16.2 Å². The summed E-state index contributed by atoms with van der Waals surface area (Å²) in [4.78, 5) is 17.8. The molecule has 4 nitrogen and oxygen atoms in total. The van der Waals surface area contributed by atoms with E-state index < -0.39 is 0 Å². The third kappa shape index (κ3) is 2.91. The molecule has 118 valence electrons. The number of rotatable bonds is 3. The highest BCUT2D eigenvalue weighted by molar-refractivity contribution is 7.15. The van der Waals surface area contributed by atoms with E-state index >= 15 is 0 Å². The zero-order valence-corrected chi connectivity index (χ0v) is 14.0. The molecular weight excluding hydrogens is 342 g/mol. The molecule has 2 aromatic carbocycles. The number of nitrogens with zero attached hydrogens (tertiary/aromatic N) is 2. The van der Waals surface area contributed by atoms with E-state index in [0.29, 0.717) is 10.6 Å². The van der Waals surface area contributed by atoms with Gasteiger partial charge in [0.15, 0.2) is 4.96 Å². The number of imidazole rings is 1. The Balaban J connectivity index is 1.53. The van der Waals surface area contributed by atoms with E-state index in [-0.39, 0.29) is 5.91 Å². The molecule has 0 aliphatic heterocycles. The van der Waals surface area contributed by atoms with Gasteiger partial charge in [0, 0.05) is 39.6 Å². The average Bonchev–Trinajstić information content (AvgIpc) is 3.17. The van der Waals surface area contributed by atoms with Gasteiger partial charge in [0.25, 0.3) is 5.91 Å². The normalized spacial score (nSPS) is 10.9. The van der Waals surface area contributed by atoms with Gasteiger partial charge in [-0.05, 0) is 30.3 Å². The van der Waals surface area contributed by atoms with Gasteiger partial charge in [-0.25, -0.2) is 4.98 Å². The summed E-state index contributed by atoms with van der Waals surface area (Å²) in [6.07, 6.45) is 3.97. The van der Waals surface area contributed by atoms with E-state index in [1.807, 2.05) is 46.4 Å². The summed E-state index contributed by atoms with van der Waals surface area (Å²) >= 11 is 7.51. The zero-order chi connectivity index (χ0) is 16.5. The molecule has 0 atom stereocenters. The second-order valence-electron chi connectivity index (χ2n) is 5.26. The molecule has 0 saturated carbocycles. The third-order valence-corrected chi connectivity index (χ3v) is 4.62. The topological polar surface area (TPSA) is 46.4 Å². The minimum Gasteiger partial charge on any atom is -0.322 e. The van der Waals surface area contributed by atoms with Crippen LogP contribution in [0.4, 0.5) is 5.69 Å². The maximum absolute atomic E-state index is 12.2. The van der Waals surface area contributed by atoms with Gasteiger partial charge in [-0.15, -0.1) is 11.3 Å². The van der Waals surface area contributed by atoms with Crippen LogP contribution >= 0.6 is 22.9 Å². The lowest BCUT2D eigenvalue weighted by Gasteiger charge is -2.06. The lowest BCUT2D eigenvalue weighted by molar-refractivity contribution is 0.102. The van der Waals surface area contributed by atoms with Crippen molar-refractivity contribution in [1.29, 1.82) is 0 Å². The number of fused-ring (bicyclic) bond motifs is 1. The van der Waals surface area contributed by atoms with E-state index in [0.717, 1.165) is 21.9 Å². The maximum Gasteiger partial charge on any atom is 0.255 e. The van der Waals surface area contributed by atoms with Crippen molar-refractivity contribution in [3.05, 3.63) is 76.9 Å². The van der Waals surface area contributed by atoms with Crippen molar-refractivity contribution in [2.75, 3.05) is 5.32 Å². The molecule has 0 aliphatic carbocycles. The first kappa shape index (κ1) is 14.9. The van der Waals surface area contributed by atoms with Crippen molar-refractivity contribution < 1.29 is 4.79 Å². The first-order valence-electron chi connectivity index (χ1n) is 7.28. The van der Waals surface area contributed by atoms with Gasteiger partial charge < -0.3 is 5.32 Å². The van der Waals surface area contributed by atoms with Crippen molar-refractivity contribution in [2.45, 2.75) is 0 Å². The minimum atomic E-state index is -0.187. The highest BCUT2D eigenvalue weighted by atomic mass is 35.5. The van der Waals surface area contributed by atoms with Crippen molar-refractivity contribution >= 4 is 39.5 Å². The van der Waals surface area contributed by atoms with Crippen molar-refractivity contribution in [1.82, 2.24) is 9.38 Å². The van der Waals surface area contributed by atoms with E-state index in [9.17, 15) is 4.79 Å². The largest absolute Gasteiger partial charge is 0.322 e. The summed E-state index contributed by atoms with van der Waals surface area (Å²) in [7, 11) is 0. The van der Waals surface area contributed by atoms with Gasteiger partial charge in [0.2, 0.25) is 0 Å². The fourth-order valence-electron chi connectivity index (χ4n) is 2.42. The number of hydrogen-bond acceptors (Lipinski definition) is 3. The molecule has 0 spiro atoms. The van der Waals surface area contributed by atoms with Crippen LogP contribution in [0.2, 0.25) is 5.02 Å². The Kier molecular flexibility index (Phi) is 3.80. The fourth-order valence-corrected chi connectivity index (χ4v) is 3.31. The molecule has 0 bridgehead atoms. The molecule has 0 radical (unpaired) electrons. The number of thiazole rings is 1. The second-order valence-corrected chi connectivity index (χ2v) is 6.57. The van der Waals surface area contributed by atoms with Crippen LogP contribution in [-0.4, -0.2) is 15.3 Å². The summed E-state index contributed by atoms with van der Waals surface area (Å²) in [5.41, 5.74) is 3.17. The number of carbonyl (C=O) groups is 1. The van der Waals surface area contributed by atoms with E-state index in [2.05, 4.69) is 10.3 Å². The smallest absolute Gasteiger partial charge is 0.255 e. The predicted octanol–water partition coefficient (Wildman–Crippen LogP) is 4.97. The van der Waals surface area contributed by atoms with E-state index in [1.54, 1.807) is 35.6 Å². The summed E-state index contributed by atoms with van der Waals surface area (Å²) < 4.78 is 1.99. The molecule has 1 N–H and O–H groups in total. The van der Waals surface area contributed by atoms with Gasteiger partial charge in [-0.1, -0.05) is 29.8 Å². The van der Waals surface area contributed by atoms with Gasteiger partial charge >= 0.3 is 0 Å². The number of amides is 1. The lowest BCUT2D eigenvalue weighted by Crippen LogP contribution is -2.11. The molecule has 6 heteroatoms. The van der Waals surface area contributed by atoms with Gasteiger partial charge in [-0.2, -0.15) is 0 Å². The number of carbonyl (C=O) groups excluding carboxylic acids is 1. The molecule has 1 amide bonds. The summed E-state index contributed by atoms with van der Waals surface area (Å²) in [5, 5.41) is 5.40. The van der Waals surface area contributed by atoms with Gasteiger partial charge in [-0.3, -0.25) is 9.20 Å². The third-order valence-electron chi connectivity index (χ3n) is 3.62. The number of hydrogen-bond donors (Lipinski definition) is 1. The average molecular weight is 354 g/mol. The molecule has 0 unspecified atom stereocenters. The number of halogens is 1. The maximum atomic E-state index is 12.2. The first-order chi connectivity index (χ1) is 11.7. The molecule has 4 aromatic rings. The Morgan fingerprint density at radius 3 is 2.75 bits per heavy atom. The second kappa shape index (κ2) is 6.11. The lowest BCUT2D eigenvalue weighted by atomic mass is 10.1. The van der Waals surface area contributed by atoms with Gasteiger partial charge in [0.1, 0.15) is 0 Å². The Bertz CT molecular complexity index is 992. The summed E-state index contributed by atoms with van der Waals surface area (Å²) in [6, 6.07) is 14.5. The number of nitrogens with one attached hydrogen (secondary N) is 1. The van der Waals surface area contributed by atoms with Crippen LogP contribution in [0.1, 0.15) is 10.4 Å². The van der Waals surface area contributed by atoms with Crippen LogP contribution in [0.15, 0.2) is 66.3 Å². The zero-order valence-electron chi connectivity index (χ0n) is 12.4. The molecule has 24 heavy (non-hydrogen) atoms. The highest BCUT2D eigenvalue weighted by Gasteiger charge is 2.08. The van der Waals surface area contributed by atoms with Gasteiger partial charge in [0.05, 0.1) is 5.69 Å². The number of benzene rings is 2. The monoisotopic (exact) mass is 353 g/mol. The fraction of sp³-hybridized carbons (Fsp3) is 0. The SMILES string of the molecule is O=C(Nc1ccc(-c2cn3ccsc3n2)cc1)c1cccc(Cl)c1. The van der Waals surface area contributed by atoms with Crippen LogP contribution in [0, 0.1) is 0 Å². The molecule has 2 aromatic heterocycles. The molecule has 2 heterocycles. The Morgan fingerprint density at radius 1 is 1.17 bits per heavy atom. The van der Waals surface area contributed by atoms with Crippen molar-refractivity contribution in [3.8, 4) is 11.3 Å².